The van der Waals surface area contributed by atoms with Crippen LogP contribution in [0, 0.1) is 6.92 Å². The van der Waals surface area contributed by atoms with Crippen LogP contribution in [0.1, 0.15) is 48.6 Å². The van der Waals surface area contributed by atoms with E-state index in [2.05, 4.69) is 18.7 Å². The molecule has 4 heteroatoms. The normalized spacial score (nSPS) is 19.7. The smallest absolute Gasteiger partial charge is 0.339 e. The van der Waals surface area contributed by atoms with Crippen LogP contribution in [0.4, 0.5) is 0 Å². The highest BCUT2D eigenvalue weighted by Crippen LogP contribution is 2.30. The Labute approximate surface area is 101 Å². The van der Waals surface area contributed by atoms with Gasteiger partial charge in [-0.15, -0.1) is 0 Å². The van der Waals surface area contributed by atoms with E-state index in [9.17, 15) is 4.79 Å². The third kappa shape index (κ3) is 2.36. The predicted octanol–water partition coefficient (Wildman–Crippen LogP) is 2.66. The van der Waals surface area contributed by atoms with Crippen LogP contribution in [0.3, 0.4) is 0 Å². The third-order valence-electron chi connectivity index (χ3n) is 3.62. The highest BCUT2D eigenvalue weighted by Gasteiger charge is 2.32. The first kappa shape index (κ1) is 12.2. The highest BCUT2D eigenvalue weighted by molar-refractivity contribution is 5.88. The second-order valence-corrected chi connectivity index (χ2v) is 5.33. The molecule has 1 saturated heterocycles. The molecular formula is C13H19NO3. The molecule has 0 aromatic carbocycles. The molecule has 1 aromatic rings. The molecule has 2 rings (SSSR count). The number of likely N-dealkylation sites (tertiary alicyclic amines) is 1. The van der Waals surface area contributed by atoms with Crippen LogP contribution < -0.4 is 0 Å². The number of aromatic carboxylic acids is 1. The molecule has 0 radical (unpaired) electrons. The molecule has 0 aliphatic carbocycles. The lowest BCUT2D eigenvalue weighted by Crippen LogP contribution is -2.37. The van der Waals surface area contributed by atoms with E-state index in [-0.39, 0.29) is 11.1 Å². The number of carboxylic acid groups (broad SMARTS) is 1. The molecule has 1 aromatic heterocycles. The standard InChI is InChI=1S/C13H19NO3/c1-9-11(12(15)16)7-10(17-9)8-14-6-4-5-13(14,2)3/h7H,4-6,8H2,1-3H3,(H,15,16). The molecule has 1 aliphatic heterocycles. The maximum Gasteiger partial charge on any atom is 0.339 e. The summed E-state index contributed by atoms with van der Waals surface area (Å²) in [6, 6.07) is 1.64. The van der Waals surface area contributed by atoms with E-state index >= 15 is 0 Å². The van der Waals surface area contributed by atoms with Crippen molar-refractivity contribution in [3.63, 3.8) is 0 Å². The zero-order valence-electron chi connectivity index (χ0n) is 10.6. The van der Waals surface area contributed by atoms with Crippen molar-refractivity contribution in [1.29, 1.82) is 0 Å². The van der Waals surface area contributed by atoms with Gasteiger partial charge in [0.2, 0.25) is 0 Å². The van der Waals surface area contributed by atoms with Gasteiger partial charge in [0.15, 0.2) is 0 Å². The predicted molar refractivity (Wildman–Crippen MR) is 64.1 cm³/mol. The summed E-state index contributed by atoms with van der Waals surface area (Å²) in [6.45, 7) is 7.88. The minimum Gasteiger partial charge on any atom is -0.478 e. The molecule has 0 saturated carbocycles. The molecule has 0 unspecified atom stereocenters. The van der Waals surface area contributed by atoms with Gasteiger partial charge in [-0.05, 0) is 46.2 Å². The number of hydrogen-bond acceptors (Lipinski definition) is 3. The van der Waals surface area contributed by atoms with Crippen LogP contribution in [0.5, 0.6) is 0 Å². The molecule has 1 N–H and O–H groups in total. The quantitative estimate of drug-likeness (QED) is 0.878. The summed E-state index contributed by atoms with van der Waals surface area (Å²) in [4.78, 5) is 13.3. The first-order valence-electron chi connectivity index (χ1n) is 5.98. The van der Waals surface area contributed by atoms with Crippen molar-refractivity contribution in [1.82, 2.24) is 4.90 Å². The number of rotatable bonds is 3. The highest BCUT2D eigenvalue weighted by atomic mass is 16.4. The largest absolute Gasteiger partial charge is 0.478 e. The Morgan fingerprint density at radius 3 is 2.76 bits per heavy atom. The molecular weight excluding hydrogens is 218 g/mol. The van der Waals surface area contributed by atoms with E-state index in [0.29, 0.717) is 12.3 Å². The van der Waals surface area contributed by atoms with Crippen LogP contribution in [-0.4, -0.2) is 28.1 Å². The number of hydrogen-bond donors (Lipinski definition) is 1. The maximum atomic E-state index is 10.9. The molecule has 0 bridgehead atoms. The van der Waals surface area contributed by atoms with E-state index < -0.39 is 5.97 Å². The topological polar surface area (TPSA) is 53.7 Å². The first-order valence-corrected chi connectivity index (χ1v) is 5.98. The average Bonchev–Trinajstić information content (AvgIpc) is 2.72. The summed E-state index contributed by atoms with van der Waals surface area (Å²) >= 11 is 0. The first-order chi connectivity index (χ1) is 7.90. The van der Waals surface area contributed by atoms with Gasteiger partial charge in [-0.1, -0.05) is 0 Å². The zero-order valence-corrected chi connectivity index (χ0v) is 10.6. The van der Waals surface area contributed by atoms with Gasteiger partial charge in [-0.2, -0.15) is 0 Å². The Hall–Kier alpha value is -1.29. The number of furan rings is 1. The summed E-state index contributed by atoms with van der Waals surface area (Å²) < 4.78 is 5.51. The lowest BCUT2D eigenvalue weighted by atomic mass is 10.0. The van der Waals surface area contributed by atoms with E-state index in [1.165, 1.54) is 12.8 Å². The molecule has 0 spiro atoms. The Morgan fingerprint density at radius 1 is 1.59 bits per heavy atom. The molecule has 1 aliphatic rings. The number of carboxylic acids is 1. The van der Waals surface area contributed by atoms with Crippen LogP contribution in [0.15, 0.2) is 10.5 Å². The minimum absolute atomic E-state index is 0.185. The number of carbonyl (C=O) groups is 1. The fraction of sp³-hybridized carbons (Fsp3) is 0.615. The maximum absolute atomic E-state index is 10.9. The summed E-state index contributed by atoms with van der Waals surface area (Å²) in [5.74, 6) is 0.317. The molecule has 94 valence electrons. The zero-order chi connectivity index (χ0) is 12.6. The lowest BCUT2D eigenvalue weighted by molar-refractivity contribution is 0.0695. The minimum atomic E-state index is -0.918. The number of nitrogens with zero attached hydrogens (tertiary/aromatic N) is 1. The van der Waals surface area contributed by atoms with Crippen molar-refractivity contribution in [2.24, 2.45) is 0 Å². The van der Waals surface area contributed by atoms with Crippen molar-refractivity contribution in [3.05, 3.63) is 23.2 Å². The lowest BCUT2D eigenvalue weighted by Gasteiger charge is -2.30. The van der Waals surface area contributed by atoms with E-state index in [0.717, 1.165) is 12.3 Å². The van der Waals surface area contributed by atoms with Crippen LogP contribution in [-0.2, 0) is 6.54 Å². The second-order valence-electron chi connectivity index (χ2n) is 5.33. The molecule has 17 heavy (non-hydrogen) atoms. The molecule has 1 fully saturated rings. The molecule has 0 atom stereocenters. The third-order valence-corrected chi connectivity index (χ3v) is 3.62. The van der Waals surface area contributed by atoms with E-state index in [1.54, 1.807) is 13.0 Å². The number of aryl methyl sites for hydroxylation is 1. The Kier molecular flexibility index (Phi) is 3.00. The Balaban J connectivity index is 2.14. The van der Waals surface area contributed by atoms with Crippen LogP contribution >= 0.6 is 0 Å². The second kappa shape index (κ2) is 4.18. The molecule has 4 nitrogen and oxygen atoms in total. The van der Waals surface area contributed by atoms with Crippen molar-refractivity contribution in [3.8, 4) is 0 Å². The van der Waals surface area contributed by atoms with Gasteiger partial charge in [0.05, 0.1) is 6.54 Å². The summed E-state index contributed by atoms with van der Waals surface area (Å²) in [5.41, 5.74) is 0.460. The van der Waals surface area contributed by atoms with Gasteiger partial charge in [-0.3, -0.25) is 4.90 Å². The van der Waals surface area contributed by atoms with Gasteiger partial charge in [0.25, 0.3) is 0 Å². The monoisotopic (exact) mass is 237 g/mol. The van der Waals surface area contributed by atoms with Crippen molar-refractivity contribution >= 4 is 5.97 Å². The van der Waals surface area contributed by atoms with Crippen molar-refractivity contribution in [2.75, 3.05) is 6.54 Å². The van der Waals surface area contributed by atoms with E-state index in [1.807, 2.05) is 0 Å². The van der Waals surface area contributed by atoms with Gasteiger partial charge in [0, 0.05) is 5.54 Å². The summed E-state index contributed by atoms with van der Waals surface area (Å²) in [6.07, 6.45) is 2.37. The molecule has 0 amide bonds. The fourth-order valence-electron chi connectivity index (χ4n) is 2.48. The van der Waals surface area contributed by atoms with Crippen LogP contribution in [0.2, 0.25) is 0 Å². The summed E-state index contributed by atoms with van der Waals surface area (Å²) in [7, 11) is 0. The summed E-state index contributed by atoms with van der Waals surface area (Å²) in [5, 5.41) is 8.97. The van der Waals surface area contributed by atoms with Crippen molar-refractivity contribution in [2.45, 2.75) is 45.7 Å². The van der Waals surface area contributed by atoms with Gasteiger partial charge in [0.1, 0.15) is 17.1 Å². The van der Waals surface area contributed by atoms with Crippen molar-refractivity contribution < 1.29 is 14.3 Å². The van der Waals surface area contributed by atoms with E-state index in [4.69, 9.17) is 9.52 Å². The van der Waals surface area contributed by atoms with Gasteiger partial charge >= 0.3 is 5.97 Å². The average molecular weight is 237 g/mol. The van der Waals surface area contributed by atoms with Gasteiger partial charge < -0.3 is 9.52 Å². The Morgan fingerprint density at radius 2 is 2.29 bits per heavy atom. The fourth-order valence-corrected chi connectivity index (χ4v) is 2.48. The van der Waals surface area contributed by atoms with Gasteiger partial charge in [-0.25, -0.2) is 4.79 Å². The Bertz CT molecular complexity index is 434. The SMILES string of the molecule is Cc1oc(CN2CCCC2(C)C)cc1C(=O)O. The molecule has 2 heterocycles. The van der Waals surface area contributed by atoms with Crippen LogP contribution in [0.25, 0.3) is 0 Å².